The van der Waals surface area contributed by atoms with E-state index < -0.39 is 18.1 Å². The maximum atomic E-state index is 13.7. The Labute approximate surface area is 234 Å². The molecule has 0 radical (unpaired) electrons. The van der Waals surface area contributed by atoms with E-state index in [4.69, 9.17) is 9.84 Å². The molecule has 39 heavy (non-hydrogen) atoms. The highest BCUT2D eigenvalue weighted by Crippen LogP contribution is 2.37. The number of anilines is 2. The Hall–Kier alpha value is -3.63. The first kappa shape index (κ1) is 25.6. The van der Waals surface area contributed by atoms with Crippen molar-refractivity contribution < 1.29 is 18.7 Å². The molecule has 1 aromatic heterocycles. The van der Waals surface area contributed by atoms with Gasteiger partial charge in [0.05, 0.1) is 41.7 Å². The summed E-state index contributed by atoms with van der Waals surface area (Å²) in [6, 6.07) is 16.6. The lowest BCUT2D eigenvalue weighted by molar-refractivity contribution is -0.130. The number of carbonyl (C=O) groups excluding carboxylic acids is 2. The van der Waals surface area contributed by atoms with Gasteiger partial charge < -0.3 is 15.0 Å². The zero-order chi connectivity index (χ0) is 27.3. The average molecular weight is 592 g/mol. The van der Waals surface area contributed by atoms with Gasteiger partial charge in [0.2, 0.25) is 5.91 Å². The van der Waals surface area contributed by atoms with Crippen LogP contribution in [0, 0.1) is 11.7 Å². The van der Waals surface area contributed by atoms with Crippen LogP contribution in [0.5, 0.6) is 0 Å². The van der Waals surface area contributed by atoms with Gasteiger partial charge >= 0.3 is 0 Å². The SMILES string of the molecule is CC1C([C@H]2O[C@H](C)C(=O)N2CCc2ccc3c(c2)CC(=O)N3)C(c2ccc(F)cn2)=NN1c1ccc(Br)cc1. The van der Waals surface area contributed by atoms with Crippen LogP contribution in [0.15, 0.2) is 70.4 Å². The zero-order valence-electron chi connectivity index (χ0n) is 21.5. The Morgan fingerprint density at radius 2 is 1.90 bits per heavy atom. The molecule has 0 bridgehead atoms. The largest absolute Gasteiger partial charge is 0.345 e. The van der Waals surface area contributed by atoms with E-state index in [0.29, 0.717) is 30.8 Å². The van der Waals surface area contributed by atoms with Gasteiger partial charge in [-0.3, -0.25) is 19.6 Å². The molecule has 0 spiro atoms. The summed E-state index contributed by atoms with van der Waals surface area (Å²) in [6.07, 6.45) is 0.971. The topological polar surface area (TPSA) is 87.1 Å². The Balaban J connectivity index is 1.31. The lowest BCUT2D eigenvalue weighted by Crippen LogP contribution is -2.47. The molecule has 0 aliphatic carbocycles. The van der Waals surface area contributed by atoms with Gasteiger partial charge in [0, 0.05) is 16.7 Å². The molecule has 200 valence electrons. The molecule has 0 saturated carbocycles. The third-order valence-corrected chi connectivity index (χ3v) is 8.07. The van der Waals surface area contributed by atoms with Crippen LogP contribution in [0.4, 0.5) is 15.8 Å². The molecular formula is C29H27BrFN5O3. The summed E-state index contributed by atoms with van der Waals surface area (Å²) in [7, 11) is 0. The minimum absolute atomic E-state index is 0.00840. The molecule has 1 saturated heterocycles. The molecule has 3 aliphatic rings. The molecular weight excluding hydrogens is 565 g/mol. The van der Waals surface area contributed by atoms with Crippen LogP contribution in [-0.4, -0.2) is 52.3 Å². The third-order valence-electron chi connectivity index (χ3n) is 7.54. The number of fused-ring (bicyclic) bond motifs is 1. The summed E-state index contributed by atoms with van der Waals surface area (Å²) in [5.41, 5.74) is 4.93. The van der Waals surface area contributed by atoms with Gasteiger partial charge in [0.15, 0.2) is 0 Å². The van der Waals surface area contributed by atoms with Gasteiger partial charge in [-0.1, -0.05) is 28.1 Å². The third kappa shape index (κ3) is 4.83. The van der Waals surface area contributed by atoms with E-state index in [1.54, 1.807) is 17.9 Å². The number of halogens is 2. The van der Waals surface area contributed by atoms with Crippen molar-refractivity contribution >= 4 is 44.8 Å². The Kier molecular flexibility index (Phi) is 6.68. The first-order valence-electron chi connectivity index (χ1n) is 12.9. The van der Waals surface area contributed by atoms with E-state index in [1.165, 1.54) is 12.3 Å². The number of carbonyl (C=O) groups is 2. The maximum Gasteiger partial charge on any atom is 0.253 e. The highest BCUT2D eigenvalue weighted by Gasteiger charge is 2.50. The van der Waals surface area contributed by atoms with Crippen LogP contribution in [0.1, 0.15) is 30.7 Å². The van der Waals surface area contributed by atoms with E-state index in [1.807, 2.05) is 54.4 Å². The predicted octanol–water partition coefficient (Wildman–Crippen LogP) is 4.52. The number of amides is 2. The average Bonchev–Trinajstić information content (AvgIpc) is 3.55. The first-order valence-corrected chi connectivity index (χ1v) is 13.7. The Morgan fingerprint density at radius 1 is 1.10 bits per heavy atom. The van der Waals surface area contributed by atoms with Crippen molar-refractivity contribution in [3.8, 4) is 0 Å². The van der Waals surface area contributed by atoms with Crippen molar-refractivity contribution in [1.82, 2.24) is 9.88 Å². The molecule has 8 nitrogen and oxygen atoms in total. The number of rotatable bonds is 6. The van der Waals surface area contributed by atoms with E-state index in [2.05, 4.69) is 26.2 Å². The van der Waals surface area contributed by atoms with Gasteiger partial charge in [-0.2, -0.15) is 5.10 Å². The molecule has 1 fully saturated rings. The van der Waals surface area contributed by atoms with Crippen molar-refractivity contribution in [3.63, 3.8) is 0 Å². The van der Waals surface area contributed by atoms with Gasteiger partial charge in [-0.15, -0.1) is 0 Å². The van der Waals surface area contributed by atoms with E-state index in [0.717, 1.165) is 27.0 Å². The molecule has 3 aliphatic heterocycles. The second kappa shape index (κ2) is 10.2. The molecule has 4 atom stereocenters. The van der Waals surface area contributed by atoms with Crippen molar-refractivity contribution in [1.29, 1.82) is 0 Å². The second-order valence-corrected chi connectivity index (χ2v) is 11.0. The van der Waals surface area contributed by atoms with Gasteiger partial charge in [0.25, 0.3) is 5.91 Å². The number of benzene rings is 2. The van der Waals surface area contributed by atoms with E-state index in [-0.39, 0.29) is 23.8 Å². The van der Waals surface area contributed by atoms with Crippen LogP contribution in [0.2, 0.25) is 0 Å². The lowest BCUT2D eigenvalue weighted by atomic mass is 9.91. The Morgan fingerprint density at radius 3 is 2.64 bits per heavy atom. The summed E-state index contributed by atoms with van der Waals surface area (Å²) in [5, 5.41) is 9.71. The van der Waals surface area contributed by atoms with E-state index in [9.17, 15) is 14.0 Å². The summed E-state index contributed by atoms with van der Waals surface area (Å²) in [4.78, 5) is 31.2. The molecule has 4 heterocycles. The van der Waals surface area contributed by atoms with Crippen LogP contribution < -0.4 is 10.3 Å². The fourth-order valence-electron chi connectivity index (χ4n) is 5.57. The molecule has 6 rings (SSSR count). The number of hydrogen-bond acceptors (Lipinski definition) is 6. The van der Waals surface area contributed by atoms with Crippen molar-refractivity contribution in [2.75, 3.05) is 16.9 Å². The molecule has 10 heteroatoms. The van der Waals surface area contributed by atoms with Crippen LogP contribution >= 0.6 is 15.9 Å². The van der Waals surface area contributed by atoms with Crippen LogP contribution in [-0.2, 0) is 27.2 Å². The predicted molar refractivity (Wildman–Crippen MR) is 149 cm³/mol. The lowest BCUT2D eigenvalue weighted by Gasteiger charge is -2.32. The number of hydrazone groups is 1. The highest BCUT2D eigenvalue weighted by molar-refractivity contribution is 9.10. The second-order valence-electron chi connectivity index (χ2n) is 10.1. The first-order chi connectivity index (χ1) is 18.8. The Bertz CT molecular complexity index is 1460. The maximum absolute atomic E-state index is 13.7. The van der Waals surface area contributed by atoms with Crippen molar-refractivity contribution in [3.05, 3.63) is 87.9 Å². The molecule has 1 N–H and O–H groups in total. The minimum Gasteiger partial charge on any atom is -0.345 e. The van der Waals surface area contributed by atoms with Crippen molar-refractivity contribution in [2.24, 2.45) is 11.0 Å². The fourth-order valence-corrected chi connectivity index (χ4v) is 5.83. The highest BCUT2D eigenvalue weighted by atomic mass is 79.9. The monoisotopic (exact) mass is 591 g/mol. The number of nitrogens with one attached hydrogen (secondary N) is 1. The fraction of sp³-hybridized carbons (Fsp3) is 0.310. The number of hydrogen-bond donors (Lipinski definition) is 1. The van der Waals surface area contributed by atoms with Crippen LogP contribution in [0.3, 0.4) is 0 Å². The molecule has 3 aromatic rings. The molecule has 2 unspecified atom stereocenters. The summed E-state index contributed by atoms with van der Waals surface area (Å²) >= 11 is 3.48. The number of ether oxygens (including phenoxy) is 1. The quantitative estimate of drug-likeness (QED) is 0.455. The summed E-state index contributed by atoms with van der Waals surface area (Å²) in [6.45, 7) is 4.26. The summed E-state index contributed by atoms with van der Waals surface area (Å²) in [5.74, 6) is -0.854. The van der Waals surface area contributed by atoms with Crippen LogP contribution in [0.25, 0.3) is 0 Å². The van der Waals surface area contributed by atoms with E-state index >= 15 is 0 Å². The minimum atomic E-state index is -0.604. The smallest absolute Gasteiger partial charge is 0.253 e. The standard InChI is InChI=1S/C29H27BrFN5O3/c1-16-26(27(24-10-6-21(31)15-32-24)34-36(16)22-7-4-20(30)5-8-22)29-35(28(38)17(2)39-29)12-11-18-3-9-23-19(13-18)14-25(37)33-23/h3-10,13,15-17,26,29H,11-12,14H2,1-2H3,(H,33,37)/t16?,17-,26?,29-/m1/s1. The van der Waals surface area contributed by atoms with Gasteiger partial charge in [-0.05, 0) is 73.9 Å². The van der Waals surface area contributed by atoms with Gasteiger partial charge in [-0.25, -0.2) is 4.39 Å². The number of aromatic nitrogens is 1. The van der Waals surface area contributed by atoms with Gasteiger partial charge in [0.1, 0.15) is 18.1 Å². The van der Waals surface area contributed by atoms with Crippen molar-refractivity contribution in [2.45, 2.75) is 45.1 Å². The summed E-state index contributed by atoms with van der Waals surface area (Å²) < 4.78 is 21.0. The number of nitrogens with zero attached hydrogens (tertiary/aromatic N) is 4. The zero-order valence-corrected chi connectivity index (χ0v) is 23.1. The molecule has 2 amide bonds. The number of pyridine rings is 1. The molecule has 2 aromatic carbocycles. The normalized spacial score (nSPS) is 24.3.